The van der Waals surface area contributed by atoms with Gasteiger partial charge >= 0.3 is 5.97 Å². The number of hydrogen-bond acceptors (Lipinski definition) is 7. The molecule has 0 fully saturated rings. The molecule has 0 spiro atoms. The Hall–Kier alpha value is -3.20. The fourth-order valence-corrected chi connectivity index (χ4v) is 4.00. The van der Waals surface area contributed by atoms with Gasteiger partial charge in [-0.1, -0.05) is 12.1 Å². The van der Waals surface area contributed by atoms with Crippen molar-refractivity contribution in [1.82, 2.24) is 0 Å². The predicted octanol–water partition coefficient (Wildman–Crippen LogP) is 3.47. The molecular formula is C22H24N2O6S. The summed E-state index contributed by atoms with van der Waals surface area (Å²) in [6.07, 6.45) is -0.129. The van der Waals surface area contributed by atoms with E-state index >= 15 is 0 Å². The number of para-hydroxylation sites is 1. The summed E-state index contributed by atoms with van der Waals surface area (Å²) in [5, 5.41) is 4.82. The van der Waals surface area contributed by atoms with Crippen LogP contribution in [0.25, 0.3) is 0 Å². The minimum atomic E-state index is -0.621. The van der Waals surface area contributed by atoms with E-state index in [1.165, 1.54) is 11.8 Å². The van der Waals surface area contributed by atoms with Crippen molar-refractivity contribution in [2.75, 3.05) is 30.5 Å². The summed E-state index contributed by atoms with van der Waals surface area (Å²) in [5.74, 6) is -0.281. The van der Waals surface area contributed by atoms with Crippen LogP contribution in [0.2, 0.25) is 0 Å². The SMILES string of the molecule is CCOc1ccc(NC(=O)COC(=O)C[C@H]2Sc3ccccc3NC2=O)cc1OCC. The van der Waals surface area contributed by atoms with Crippen molar-refractivity contribution < 1.29 is 28.6 Å². The second-order valence-corrected chi connectivity index (χ2v) is 7.78. The van der Waals surface area contributed by atoms with Crippen LogP contribution < -0.4 is 20.1 Å². The van der Waals surface area contributed by atoms with E-state index < -0.39 is 23.7 Å². The summed E-state index contributed by atoms with van der Waals surface area (Å²) in [6, 6.07) is 12.4. The molecular weight excluding hydrogens is 420 g/mol. The Balaban J connectivity index is 1.50. The summed E-state index contributed by atoms with van der Waals surface area (Å²) >= 11 is 1.30. The number of thioether (sulfide) groups is 1. The van der Waals surface area contributed by atoms with Crippen LogP contribution >= 0.6 is 11.8 Å². The van der Waals surface area contributed by atoms with E-state index in [1.807, 2.05) is 32.0 Å². The number of amides is 2. The third kappa shape index (κ3) is 6.14. The van der Waals surface area contributed by atoms with Crippen LogP contribution in [0.3, 0.4) is 0 Å². The van der Waals surface area contributed by atoms with Crippen molar-refractivity contribution in [2.24, 2.45) is 0 Å². The van der Waals surface area contributed by atoms with Crippen LogP contribution in [0, 0.1) is 0 Å². The van der Waals surface area contributed by atoms with Gasteiger partial charge in [0, 0.05) is 16.6 Å². The normalized spacial score (nSPS) is 14.8. The van der Waals surface area contributed by atoms with Crippen molar-refractivity contribution in [3.8, 4) is 11.5 Å². The Labute approximate surface area is 184 Å². The first-order chi connectivity index (χ1) is 15.0. The number of ether oxygens (including phenoxy) is 3. The Kier molecular flexibility index (Phi) is 7.77. The van der Waals surface area contributed by atoms with E-state index in [4.69, 9.17) is 14.2 Å². The van der Waals surface area contributed by atoms with Gasteiger partial charge in [0.25, 0.3) is 5.91 Å². The molecule has 0 saturated carbocycles. The Morgan fingerprint density at radius 2 is 1.81 bits per heavy atom. The van der Waals surface area contributed by atoms with Gasteiger partial charge < -0.3 is 24.8 Å². The molecule has 2 aromatic carbocycles. The minimum absolute atomic E-state index is 0.129. The molecule has 0 radical (unpaired) electrons. The van der Waals surface area contributed by atoms with Gasteiger partial charge in [0.1, 0.15) is 0 Å². The van der Waals surface area contributed by atoms with Gasteiger partial charge in [-0.25, -0.2) is 0 Å². The number of carbonyl (C=O) groups excluding carboxylic acids is 3. The number of fused-ring (bicyclic) bond motifs is 1. The standard InChI is InChI=1S/C22H24N2O6S/c1-3-28-16-10-9-14(11-17(16)29-4-2)23-20(25)13-30-21(26)12-19-22(27)24-15-7-5-6-8-18(15)31-19/h5-11,19H,3-4,12-13H2,1-2H3,(H,23,25)(H,24,27)/t19-/m1/s1. The first-order valence-electron chi connectivity index (χ1n) is 9.91. The van der Waals surface area contributed by atoms with Gasteiger partial charge in [0.05, 0.1) is 30.6 Å². The molecule has 1 aliphatic rings. The van der Waals surface area contributed by atoms with Crippen molar-refractivity contribution in [3.63, 3.8) is 0 Å². The van der Waals surface area contributed by atoms with Crippen molar-refractivity contribution >= 4 is 40.9 Å². The van der Waals surface area contributed by atoms with E-state index in [-0.39, 0.29) is 12.3 Å². The lowest BCUT2D eigenvalue weighted by molar-refractivity contribution is -0.147. The summed E-state index contributed by atoms with van der Waals surface area (Å²) in [5.41, 5.74) is 1.22. The molecule has 2 amide bonds. The van der Waals surface area contributed by atoms with Gasteiger partial charge in [-0.2, -0.15) is 0 Å². The fraction of sp³-hybridized carbons (Fsp3) is 0.318. The Morgan fingerprint density at radius 3 is 2.58 bits per heavy atom. The molecule has 0 aliphatic carbocycles. The number of rotatable bonds is 9. The zero-order valence-electron chi connectivity index (χ0n) is 17.3. The van der Waals surface area contributed by atoms with E-state index in [1.54, 1.807) is 24.3 Å². The van der Waals surface area contributed by atoms with E-state index in [0.29, 0.717) is 30.4 Å². The molecule has 9 heteroatoms. The highest BCUT2D eigenvalue weighted by molar-refractivity contribution is 8.01. The maximum Gasteiger partial charge on any atom is 0.307 e. The largest absolute Gasteiger partial charge is 0.490 e. The molecule has 8 nitrogen and oxygen atoms in total. The fourth-order valence-electron chi connectivity index (χ4n) is 2.91. The zero-order chi connectivity index (χ0) is 22.2. The predicted molar refractivity (Wildman–Crippen MR) is 118 cm³/mol. The van der Waals surface area contributed by atoms with Crippen LogP contribution in [0.4, 0.5) is 11.4 Å². The number of hydrogen-bond donors (Lipinski definition) is 2. The monoisotopic (exact) mass is 444 g/mol. The average molecular weight is 445 g/mol. The molecule has 0 saturated heterocycles. The second kappa shape index (κ2) is 10.7. The lowest BCUT2D eigenvalue weighted by Crippen LogP contribution is -2.32. The molecule has 31 heavy (non-hydrogen) atoms. The molecule has 2 aromatic rings. The number of esters is 1. The highest BCUT2D eigenvalue weighted by atomic mass is 32.2. The molecule has 0 aromatic heterocycles. The molecule has 1 heterocycles. The van der Waals surface area contributed by atoms with Crippen LogP contribution in [0.1, 0.15) is 20.3 Å². The summed E-state index contributed by atoms with van der Waals surface area (Å²) in [6.45, 7) is 4.21. The molecule has 0 bridgehead atoms. The van der Waals surface area contributed by atoms with Gasteiger partial charge in [0.15, 0.2) is 18.1 Å². The molecule has 164 valence electrons. The molecule has 1 atom stereocenters. The Bertz CT molecular complexity index is 965. The maximum atomic E-state index is 12.2. The van der Waals surface area contributed by atoms with Crippen molar-refractivity contribution in [3.05, 3.63) is 42.5 Å². The molecule has 1 aliphatic heterocycles. The number of anilines is 2. The minimum Gasteiger partial charge on any atom is -0.490 e. The first kappa shape index (κ1) is 22.5. The van der Waals surface area contributed by atoms with Crippen LogP contribution in [0.5, 0.6) is 11.5 Å². The highest BCUT2D eigenvalue weighted by Crippen LogP contribution is 2.36. The molecule has 2 N–H and O–H groups in total. The van der Waals surface area contributed by atoms with Crippen LogP contribution in [-0.4, -0.2) is 42.9 Å². The summed E-state index contributed by atoms with van der Waals surface area (Å²) < 4.78 is 16.1. The quantitative estimate of drug-likeness (QED) is 0.571. The third-order valence-corrected chi connectivity index (χ3v) is 5.53. The smallest absolute Gasteiger partial charge is 0.307 e. The summed E-state index contributed by atoms with van der Waals surface area (Å²) in [4.78, 5) is 37.4. The van der Waals surface area contributed by atoms with Gasteiger partial charge in [-0.3, -0.25) is 14.4 Å². The number of nitrogens with one attached hydrogen (secondary N) is 2. The number of carbonyl (C=O) groups is 3. The van der Waals surface area contributed by atoms with E-state index in [2.05, 4.69) is 10.6 Å². The first-order valence-corrected chi connectivity index (χ1v) is 10.8. The van der Waals surface area contributed by atoms with Crippen molar-refractivity contribution in [1.29, 1.82) is 0 Å². The average Bonchev–Trinajstić information content (AvgIpc) is 2.75. The zero-order valence-corrected chi connectivity index (χ0v) is 18.1. The lowest BCUT2D eigenvalue weighted by Gasteiger charge is -2.23. The molecule has 3 rings (SSSR count). The van der Waals surface area contributed by atoms with Crippen LogP contribution in [-0.2, 0) is 19.1 Å². The van der Waals surface area contributed by atoms with Crippen LogP contribution in [0.15, 0.2) is 47.4 Å². The van der Waals surface area contributed by atoms with Gasteiger partial charge in [-0.15, -0.1) is 11.8 Å². The third-order valence-electron chi connectivity index (χ3n) is 4.25. The molecule has 0 unspecified atom stereocenters. The van der Waals surface area contributed by atoms with Gasteiger partial charge in [0.2, 0.25) is 5.91 Å². The second-order valence-electron chi connectivity index (χ2n) is 6.53. The Morgan fingerprint density at radius 1 is 1.06 bits per heavy atom. The maximum absolute atomic E-state index is 12.2. The van der Waals surface area contributed by atoms with E-state index in [0.717, 1.165) is 10.6 Å². The van der Waals surface area contributed by atoms with Crippen molar-refractivity contribution in [2.45, 2.75) is 30.4 Å². The topological polar surface area (TPSA) is 103 Å². The number of benzene rings is 2. The lowest BCUT2D eigenvalue weighted by atomic mass is 10.2. The highest BCUT2D eigenvalue weighted by Gasteiger charge is 2.29. The van der Waals surface area contributed by atoms with Gasteiger partial charge in [-0.05, 0) is 38.1 Å². The summed E-state index contributed by atoms with van der Waals surface area (Å²) in [7, 11) is 0. The van der Waals surface area contributed by atoms with E-state index in [9.17, 15) is 14.4 Å².